The van der Waals surface area contributed by atoms with E-state index in [4.69, 9.17) is 21.7 Å². The molecule has 0 fully saturated rings. The molecular formula is C23H28BrN3O4S. The van der Waals surface area contributed by atoms with Crippen LogP contribution in [0.4, 0.5) is 0 Å². The van der Waals surface area contributed by atoms with Gasteiger partial charge in [-0.1, -0.05) is 19.9 Å². The quantitative estimate of drug-likeness (QED) is 0.373. The van der Waals surface area contributed by atoms with E-state index in [9.17, 15) is 9.59 Å². The Hall–Kier alpha value is -2.65. The van der Waals surface area contributed by atoms with Gasteiger partial charge in [0, 0.05) is 5.56 Å². The largest absolute Gasteiger partial charge is 0.492 e. The molecule has 2 aromatic rings. The number of hydrogen-bond donors (Lipinski definition) is 3. The molecule has 9 heteroatoms. The van der Waals surface area contributed by atoms with Crippen LogP contribution in [0, 0.1) is 19.8 Å². The Morgan fingerprint density at radius 3 is 2.38 bits per heavy atom. The first-order chi connectivity index (χ1) is 15.1. The fourth-order valence-electron chi connectivity index (χ4n) is 2.49. The Bertz CT molecular complexity index is 997. The number of rotatable bonds is 7. The number of ether oxygens (including phenoxy) is 2. The zero-order valence-electron chi connectivity index (χ0n) is 18.7. The van der Waals surface area contributed by atoms with Crippen molar-refractivity contribution in [1.29, 1.82) is 0 Å². The monoisotopic (exact) mass is 521 g/mol. The molecule has 0 aliphatic carbocycles. The number of hydrazine groups is 1. The number of carbonyl (C=O) groups is 2. The van der Waals surface area contributed by atoms with E-state index in [1.807, 2.05) is 32.0 Å². The number of benzene rings is 2. The summed E-state index contributed by atoms with van der Waals surface area (Å²) in [6.45, 7) is 10.3. The lowest BCUT2D eigenvalue weighted by Crippen LogP contribution is -2.51. The molecule has 2 aromatic carbocycles. The van der Waals surface area contributed by atoms with E-state index in [0.717, 1.165) is 11.1 Å². The highest BCUT2D eigenvalue weighted by Gasteiger charge is 2.16. The molecule has 172 valence electrons. The summed E-state index contributed by atoms with van der Waals surface area (Å²) in [7, 11) is 0. The number of hydrogen-bond acceptors (Lipinski definition) is 5. The summed E-state index contributed by atoms with van der Waals surface area (Å²) < 4.78 is 12.0. The maximum atomic E-state index is 12.4. The van der Waals surface area contributed by atoms with Gasteiger partial charge in [0.2, 0.25) is 0 Å². The van der Waals surface area contributed by atoms with E-state index in [1.54, 1.807) is 25.1 Å². The van der Waals surface area contributed by atoms with Crippen LogP contribution in [0.25, 0.3) is 0 Å². The predicted molar refractivity (Wildman–Crippen MR) is 132 cm³/mol. The van der Waals surface area contributed by atoms with Gasteiger partial charge >= 0.3 is 0 Å². The standard InChI is InChI=1S/C23H28BrN3O4S/c1-13(2)12-30-20-9-7-17(11-19(20)24)22(29)25-23(32)27-26-21(28)16(5)31-18-8-6-14(3)15(4)10-18/h6-11,13,16H,12H2,1-5H3,(H,26,28)(H2,25,27,29,32). The van der Waals surface area contributed by atoms with Crippen LogP contribution >= 0.6 is 28.1 Å². The average Bonchev–Trinajstić information content (AvgIpc) is 2.73. The third-order valence-corrected chi connectivity index (χ3v) is 5.28. The lowest BCUT2D eigenvalue weighted by molar-refractivity contribution is -0.127. The van der Waals surface area contributed by atoms with Crippen molar-refractivity contribution >= 4 is 45.1 Å². The molecule has 0 aromatic heterocycles. The van der Waals surface area contributed by atoms with Crippen molar-refractivity contribution in [3.8, 4) is 11.5 Å². The van der Waals surface area contributed by atoms with Crippen molar-refractivity contribution in [3.63, 3.8) is 0 Å². The van der Waals surface area contributed by atoms with Gasteiger partial charge in [-0.2, -0.15) is 0 Å². The van der Waals surface area contributed by atoms with Crippen LogP contribution in [0.1, 0.15) is 42.3 Å². The number of halogens is 1. The van der Waals surface area contributed by atoms with Gasteiger partial charge in [-0.15, -0.1) is 0 Å². The maximum Gasteiger partial charge on any atom is 0.279 e. The van der Waals surface area contributed by atoms with E-state index in [-0.39, 0.29) is 5.11 Å². The van der Waals surface area contributed by atoms with Gasteiger partial charge in [0.05, 0.1) is 11.1 Å². The third-order valence-electron chi connectivity index (χ3n) is 4.45. The summed E-state index contributed by atoms with van der Waals surface area (Å²) >= 11 is 8.50. The second kappa shape index (κ2) is 11.8. The SMILES string of the molecule is Cc1ccc(OC(C)C(=O)NNC(=S)NC(=O)c2ccc(OCC(C)C)c(Br)c2)cc1C. The molecule has 0 saturated carbocycles. The molecule has 2 amide bonds. The highest BCUT2D eigenvalue weighted by molar-refractivity contribution is 9.10. The van der Waals surface area contributed by atoms with E-state index in [1.165, 1.54) is 0 Å². The van der Waals surface area contributed by atoms with Gasteiger partial charge in [0.15, 0.2) is 11.2 Å². The van der Waals surface area contributed by atoms with Crippen LogP contribution in [0.5, 0.6) is 11.5 Å². The van der Waals surface area contributed by atoms with Crippen molar-refractivity contribution in [2.45, 2.75) is 40.7 Å². The summed E-state index contributed by atoms with van der Waals surface area (Å²) in [6, 6.07) is 10.6. The molecule has 0 aliphatic rings. The molecule has 1 atom stereocenters. The minimum Gasteiger partial charge on any atom is -0.492 e. The average molecular weight is 522 g/mol. The zero-order chi connectivity index (χ0) is 23.8. The minimum absolute atomic E-state index is 0.0435. The lowest BCUT2D eigenvalue weighted by Gasteiger charge is -2.17. The van der Waals surface area contributed by atoms with Crippen LogP contribution in [-0.4, -0.2) is 29.6 Å². The van der Waals surface area contributed by atoms with Crippen LogP contribution in [0.3, 0.4) is 0 Å². The fourth-order valence-corrected chi connectivity index (χ4v) is 3.12. The van der Waals surface area contributed by atoms with Crippen molar-refractivity contribution in [1.82, 2.24) is 16.2 Å². The molecule has 0 spiro atoms. The Labute approximate surface area is 202 Å². The molecule has 0 saturated heterocycles. The zero-order valence-corrected chi connectivity index (χ0v) is 21.1. The summed E-state index contributed by atoms with van der Waals surface area (Å²) in [4.78, 5) is 24.7. The molecule has 1 unspecified atom stereocenters. The molecule has 0 bridgehead atoms. The number of aryl methyl sites for hydroxylation is 2. The highest BCUT2D eigenvalue weighted by atomic mass is 79.9. The lowest BCUT2D eigenvalue weighted by atomic mass is 10.1. The van der Waals surface area contributed by atoms with Crippen molar-refractivity contribution in [2.75, 3.05) is 6.61 Å². The van der Waals surface area contributed by atoms with Gasteiger partial charge in [0.1, 0.15) is 11.5 Å². The Kier molecular flexibility index (Phi) is 9.46. The number of amides is 2. The minimum atomic E-state index is -0.766. The highest BCUT2D eigenvalue weighted by Crippen LogP contribution is 2.26. The predicted octanol–water partition coefficient (Wildman–Crippen LogP) is 4.20. The number of thiocarbonyl (C=S) groups is 1. The first kappa shape index (κ1) is 25.6. The molecule has 0 aliphatic heterocycles. The third kappa shape index (κ3) is 7.80. The van der Waals surface area contributed by atoms with Crippen LogP contribution in [-0.2, 0) is 4.79 Å². The van der Waals surface area contributed by atoms with Gasteiger partial charge in [-0.3, -0.25) is 25.8 Å². The van der Waals surface area contributed by atoms with E-state index < -0.39 is 17.9 Å². The summed E-state index contributed by atoms with van der Waals surface area (Å²) in [6.07, 6.45) is -0.766. The first-order valence-electron chi connectivity index (χ1n) is 10.1. The smallest absolute Gasteiger partial charge is 0.279 e. The van der Waals surface area contributed by atoms with Crippen molar-refractivity contribution in [3.05, 3.63) is 57.6 Å². The molecule has 3 N–H and O–H groups in total. The maximum absolute atomic E-state index is 12.4. The first-order valence-corrected chi connectivity index (χ1v) is 11.3. The molecular weight excluding hydrogens is 494 g/mol. The second-order valence-corrected chi connectivity index (χ2v) is 9.02. The van der Waals surface area contributed by atoms with Crippen LogP contribution < -0.4 is 25.6 Å². The van der Waals surface area contributed by atoms with Gasteiger partial charge in [-0.05, 0) is 96.3 Å². The molecule has 0 heterocycles. The van der Waals surface area contributed by atoms with Gasteiger partial charge in [-0.25, -0.2) is 0 Å². The van der Waals surface area contributed by atoms with Crippen molar-refractivity contribution < 1.29 is 19.1 Å². The van der Waals surface area contributed by atoms with Gasteiger partial charge < -0.3 is 9.47 Å². The van der Waals surface area contributed by atoms with Crippen LogP contribution in [0.15, 0.2) is 40.9 Å². The summed E-state index contributed by atoms with van der Waals surface area (Å²) in [5.41, 5.74) is 7.54. The Balaban J connectivity index is 1.83. The molecule has 32 heavy (non-hydrogen) atoms. The summed E-state index contributed by atoms with van der Waals surface area (Å²) in [5.74, 6) is 0.776. The molecule has 2 rings (SSSR count). The topological polar surface area (TPSA) is 88.7 Å². The Morgan fingerprint density at radius 1 is 1.03 bits per heavy atom. The number of carbonyl (C=O) groups excluding carboxylic acids is 2. The normalized spacial score (nSPS) is 11.5. The van der Waals surface area contributed by atoms with Gasteiger partial charge in [0.25, 0.3) is 11.8 Å². The number of nitrogens with one attached hydrogen (secondary N) is 3. The Morgan fingerprint density at radius 2 is 1.75 bits per heavy atom. The fraction of sp³-hybridized carbons (Fsp3) is 0.348. The summed E-state index contributed by atoms with van der Waals surface area (Å²) in [5, 5.41) is 2.47. The van der Waals surface area contributed by atoms with E-state index in [2.05, 4.69) is 45.9 Å². The van der Waals surface area contributed by atoms with Crippen molar-refractivity contribution in [2.24, 2.45) is 5.92 Å². The molecule has 0 radical (unpaired) electrons. The molecule has 7 nitrogen and oxygen atoms in total. The van der Waals surface area contributed by atoms with E-state index >= 15 is 0 Å². The van der Waals surface area contributed by atoms with E-state index in [0.29, 0.717) is 34.1 Å². The second-order valence-electron chi connectivity index (χ2n) is 7.75. The van der Waals surface area contributed by atoms with Crippen LogP contribution in [0.2, 0.25) is 0 Å².